The number of benzene rings is 2. The molecule has 0 aliphatic rings. The molecule has 0 bridgehead atoms. The number of hydrogen-bond donors (Lipinski definition) is 1. The van der Waals surface area contributed by atoms with Gasteiger partial charge in [-0.05, 0) is 36.4 Å². The third-order valence-electron chi connectivity index (χ3n) is 2.83. The molecule has 0 radical (unpaired) electrons. The van der Waals surface area contributed by atoms with Crippen molar-refractivity contribution in [3.05, 3.63) is 70.2 Å². The molecule has 2 rings (SSSR count). The fourth-order valence-electron chi connectivity index (χ4n) is 1.78. The predicted octanol–water partition coefficient (Wildman–Crippen LogP) is 3.89. The van der Waals surface area contributed by atoms with E-state index in [0.29, 0.717) is 5.56 Å². The second-order valence-electron chi connectivity index (χ2n) is 4.33. The first-order valence-corrected chi connectivity index (χ1v) is 7.38. The average molecular weight is 359 g/mol. The van der Waals surface area contributed by atoms with Gasteiger partial charge in [-0.1, -0.05) is 40.2 Å². The maximum absolute atomic E-state index is 11.8. The number of halogens is 1. The molecule has 0 saturated heterocycles. The van der Waals surface area contributed by atoms with E-state index in [2.05, 4.69) is 26.5 Å². The average Bonchev–Trinajstić information content (AvgIpc) is 2.54. The fraction of sp³-hybridized carbons (Fsp3) is 0.0588. The van der Waals surface area contributed by atoms with E-state index in [1.54, 1.807) is 31.4 Å². The van der Waals surface area contributed by atoms with Crippen molar-refractivity contribution in [3.63, 3.8) is 0 Å². The summed E-state index contributed by atoms with van der Waals surface area (Å²) >= 11 is 3.32. The van der Waals surface area contributed by atoms with Gasteiger partial charge in [0.25, 0.3) is 5.91 Å². The zero-order valence-corrected chi connectivity index (χ0v) is 13.6. The molecule has 5 heteroatoms. The maximum Gasteiger partial charge on any atom is 0.271 e. The Balaban J connectivity index is 1.93. The Kier molecular flexibility index (Phi) is 5.91. The van der Waals surface area contributed by atoms with Crippen molar-refractivity contribution < 1.29 is 9.53 Å². The number of hydrazone groups is 1. The first-order valence-electron chi connectivity index (χ1n) is 6.59. The van der Waals surface area contributed by atoms with Crippen LogP contribution in [0.4, 0.5) is 0 Å². The van der Waals surface area contributed by atoms with Gasteiger partial charge in [-0.15, -0.1) is 0 Å². The number of ether oxygens (including phenoxy) is 1. The van der Waals surface area contributed by atoms with Crippen LogP contribution in [0.2, 0.25) is 0 Å². The van der Waals surface area contributed by atoms with Crippen molar-refractivity contribution in [2.45, 2.75) is 0 Å². The molecule has 2 aromatic carbocycles. The second kappa shape index (κ2) is 8.14. The first-order chi connectivity index (χ1) is 10.7. The van der Waals surface area contributed by atoms with E-state index in [-0.39, 0.29) is 5.91 Å². The molecule has 0 fully saturated rings. The van der Waals surface area contributed by atoms with Gasteiger partial charge < -0.3 is 4.74 Å². The highest BCUT2D eigenvalue weighted by atomic mass is 79.9. The number of amides is 1. The van der Waals surface area contributed by atoms with E-state index in [9.17, 15) is 4.79 Å². The van der Waals surface area contributed by atoms with Gasteiger partial charge in [0.2, 0.25) is 0 Å². The van der Waals surface area contributed by atoms with Crippen LogP contribution < -0.4 is 10.2 Å². The number of carbonyl (C=O) groups excluding carboxylic acids is 1. The summed E-state index contributed by atoms with van der Waals surface area (Å²) in [6.45, 7) is 0. The van der Waals surface area contributed by atoms with Crippen LogP contribution in [0.1, 0.15) is 15.9 Å². The number of hydrogen-bond acceptors (Lipinski definition) is 3. The molecular formula is C17H15BrN2O2. The fourth-order valence-corrected chi connectivity index (χ4v) is 2.18. The molecule has 2 aromatic rings. The zero-order valence-electron chi connectivity index (χ0n) is 12.0. The molecule has 1 N–H and O–H groups in total. The largest absolute Gasteiger partial charge is 0.496 e. The van der Waals surface area contributed by atoms with Crippen LogP contribution in [0.3, 0.4) is 0 Å². The van der Waals surface area contributed by atoms with E-state index in [1.807, 2.05) is 36.4 Å². The lowest BCUT2D eigenvalue weighted by atomic mass is 10.2. The van der Waals surface area contributed by atoms with Crippen LogP contribution in [0.5, 0.6) is 5.75 Å². The van der Waals surface area contributed by atoms with Gasteiger partial charge >= 0.3 is 0 Å². The summed E-state index contributed by atoms with van der Waals surface area (Å²) in [6.07, 6.45) is 5.11. The van der Waals surface area contributed by atoms with Gasteiger partial charge in [0, 0.05) is 21.8 Å². The Bertz CT molecular complexity index is 711. The Hall–Kier alpha value is -2.40. The molecule has 0 aliphatic carbocycles. The molecule has 4 nitrogen and oxygen atoms in total. The highest BCUT2D eigenvalue weighted by molar-refractivity contribution is 9.10. The van der Waals surface area contributed by atoms with Gasteiger partial charge in [0.15, 0.2) is 0 Å². The van der Waals surface area contributed by atoms with Crippen LogP contribution in [0, 0.1) is 0 Å². The van der Waals surface area contributed by atoms with E-state index in [1.165, 1.54) is 6.21 Å². The smallest absolute Gasteiger partial charge is 0.271 e. The van der Waals surface area contributed by atoms with E-state index >= 15 is 0 Å². The van der Waals surface area contributed by atoms with Gasteiger partial charge in [-0.2, -0.15) is 5.10 Å². The van der Waals surface area contributed by atoms with E-state index in [4.69, 9.17) is 4.74 Å². The zero-order chi connectivity index (χ0) is 15.8. The lowest BCUT2D eigenvalue weighted by Crippen LogP contribution is -2.17. The third kappa shape index (κ3) is 4.56. The van der Waals surface area contributed by atoms with Crippen LogP contribution in [0.15, 0.2) is 64.2 Å². The van der Waals surface area contributed by atoms with Crippen LogP contribution >= 0.6 is 15.9 Å². The van der Waals surface area contributed by atoms with Crippen molar-refractivity contribution in [2.75, 3.05) is 7.11 Å². The van der Waals surface area contributed by atoms with Crippen molar-refractivity contribution in [1.82, 2.24) is 5.43 Å². The topological polar surface area (TPSA) is 50.7 Å². The van der Waals surface area contributed by atoms with Crippen molar-refractivity contribution in [1.29, 1.82) is 0 Å². The van der Waals surface area contributed by atoms with Crippen molar-refractivity contribution in [3.8, 4) is 5.75 Å². The Labute approximate surface area is 137 Å². The summed E-state index contributed by atoms with van der Waals surface area (Å²) in [5.41, 5.74) is 3.95. The standard InChI is InChI=1S/C17H15BrN2O2/c1-22-16-10-3-2-6-13(16)8-5-11-19-20-17(21)14-7-4-9-15(18)12-14/h2-12H,1H3,(H,20,21)/b8-5+,19-11+. The molecule has 0 atom stereocenters. The summed E-state index contributed by atoms with van der Waals surface area (Å²) in [5, 5.41) is 3.88. The third-order valence-corrected chi connectivity index (χ3v) is 3.32. The highest BCUT2D eigenvalue weighted by Gasteiger charge is 2.03. The van der Waals surface area contributed by atoms with Crippen LogP contribution in [-0.4, -0.2) is 19.2 Å². The van der Waals surface area contributed by atoms with Gasteiger partial charge in [-0.25, -0.2) is 5.43 Å². The van der Waals surface area contributed by atoms with Crippen LogP contribution in [-0.2, 0) is 0 Å². The van der Waals surface area contributed by atoms with Crippen molar-refractivity contribution >= 4 is 34.1 Å². The minimum atomic E-state index is -0.261. The molecule has 0 spiro atoms. The van der Waals surface area contributed by atoms with E-state index in [0.717, 1.165) is 15.8 Å². The minimum absolute atomic E-state index is 0.261. The highest BCUT2D eigenvalue weighted by Crippen LogP contribution is 2.18. The molecule has 0 unspecified atom stereocenters. The molecule has 1 amide bonds. The molecule has 0 aliphatic heterocycles. The number of nitrogens with zero attached hydrogens (tertiary/aromatic N) is 1. The lowest BCUT2D eigenvalue weighted by Gasteiger charge is -2.02. The number of allylic oxidation sites excluding steroid dienone is 1. The minimum Gasteiger partial charge on any atom is -0.496 e. The van der Waals surface area contributed by atoms with Gasteiger partial charge in [0.1, 0.15) is 5.75 Å². The quantitative estimate of drug-likeness (QED) is 0.651. The Morgan fingerprint density at radius 2 is 2.05 bits per heavy atom. The summed E-state index contributed by atoms with van der Waals surface area (Å²) < 4.78 is 6.09. The summed E-state index contributed by atoms with van der Waals surface area (Å²) in [7, 11) is 1.62. The molecular weight excluding hydrogens is 344 g/mol. The van der Waals surface area contributed by atoms with Crippen LogP contribution in [0.25, 0.3) is 6.08 Å². The number of nitrogens with one attached hydrogen (secondary N) is 1. The number of para-hydroxylation sites is 1. The Morgan fingerprint density at radius 1 is 1.23 bits per heavy atom. The maximum atomic E-state index is 11.8. The molecule has 112 valence electrons. The summed E-state index contributed by atoms with van der Waals surface area (Å²) in [4.78, 5) is 11.8. The predicted molar refractivity (Wildman–Crippen MR) is 92.1 cm³/mol. The summed E-state index contributed by atoms with van der Waals surface area (Å²) in [5.74, 6) is 0.522. The Morgan fingerprint density at radius 3 is 2.82 bits per heavy atom. The monoisotopic (exact) mass is 358 g/mol. The normalized spacial score (nSPS) is 11.0. The molecule has 0 saturated carbocycles. The molecule has 0 aromatic heterocycles. The SMILES string of the molecule is COc1ccccc1/C=C/C=N/NC(=O)c1cccc(Br)c1. The summed E-state index contributed by atoms with van der Waals surface area (Å²) in [6, 6.07) is 14.8. The van der Waals surface area contributed by atoms with Crippen molar-refractivity contribution in [2.24, 2.45) is 5.10 Å². The second-order valence-corrected chi connectivity index (χ2v) is 5.25. The molecule has 22 heavy (non-hydrogen) atoms. The van der Waals surface area contributed by atoms with E-state index < -0.39 is 0 Å². The van der Waals surface area contributed by atoms with Gasteiger partial charge in [-0.3, -0.25) is 4.79 Å². The molecule has 0 heterocycles. The van der Waals surface area contributed by atoms with Gasteiger partial charge in [0.05, 0.1) is 7.11 Å². The number of rotatable bonds is 5. The number of carbonyl (C=O) groups is 1. The lowest BCUT2D eigenvalue weighted by molar-refractivity contribution is 0.0955. The number of methoxy groups -OCH3 is 1. The first kappa shape index (κ1) is 16.0.